The van der Waals surface area contributed by atoms with Crippen LogP contribution in [0.5, 0.6) is 0 Å². The highest BCUT2D eigenvalue weighted by Gasteiger charge is 2.11. The van der Waals surface area contributed by atoms with Crippen LogP contribution in [0, 0.1) is 0 Å². The number of nitrogens with two attached hydrogens (primary N) is 1. The average Bonchev–Trinajstić information content (AvgIpc) is 2.39. The lowest BCUT2D eigenvalue weighted by Gasteiger charge is -2.15. The normalized spacial score (nSPS) is 12.6. The fraction of sp³-hybridized carbons (Fsp3) is 0.357. The first-order chi connectivity index (χ1) is 9.13. The molecular formula is C14H18ClN3S. The van der Waals surface area contributed by atoms with Crippen molar-refractivity contribution < 1.29 is 0 Å². The Morgan fingerprint density at radius 1 is 1.47 bits per heavy atom. The van der Waals surface area contributed by atoms with Crippen molar-refractivity contribution in [3.63, 3.8) is 0 Å². The van der Waals surface area contributed by atoms with Crippen molar-refractivity contribution in [1.82, 2.24) is 4.98 Å². The average molecular weight is 296 g/mol. The predicted molar refractivity (Wildman–Crippen MR) is 86.2 cm³/mol. The lowest BCUT2D eigenvalue weighted by molar-refractivity contribution is 0.815. The number of fused-ring (bicyclic) bond motifs is 1. The maximum atomic E-state index is 6.20. The van der Waals surface area contributed by atoms with Crippen molar-refractivity contribution in [3.05, 3.63) is 34.9 Å². The monoisotopic (exact) mass is 295 g/mol. The second-order valence-electron chi connectivity index (χ2n) is 4.45. The molecule has 1 aromatic carbocycles. The molecule has 1 aromatic heterocycles. The summed E-state index contributed by atoms with van der Waals surface area (Å²) in [5, 5.41) is 5.04. The van der Waals surface area contributed by atoms with E-state index < -0.39 is 0 Å². The Balaban J connectivity index is 2.46. The van der Waals surface area contributed by atoms with Gasteiger partial charge in [0.05, 0.1) is 10.5 Å². The van der Waals surface area contributed by atoms with Crippen LogP contribution in [0.1, 0.15) is 18.5 Å². The highest BCUT2D eigenvalue weighted by Crippen LogP contribution is 2.28. The summed E-state index contributed by atoms with van der Waals surface area (Å²) < 4.78 is 0. The molecule has 0 fully saturated rings. The smallest absolute Gasteiger partial charge is 0.131 e. The van der Waals surface area contributed by atoms with Gasteiger partial charge in [-0.25, -0.2) is 4.98 Å². The van der Waals surface area contributed by atoms with E-state index in [1.165, 1.54) is 0 Å². The minimum Gasteiger partial charge on any atom is -0.369 e. The van der Waals surface area contributed by atoms with Crippen molar-refractivity contribution in [2.24, 2.45) is 5.73 Å². The first kappa shape index (κ1) is 14.4. The van der Waals surface area contributed by atoms with Gasteiger partial charge < -0.3 is 11.1 Å². The maximum absolute atomic E-state index is 6.20. The van der Waals surface area contributed by atoms with E-state index in [1.807, 2.05) is 25.1 Å². The molecule has 3 nitrogen and oxygen atoms in total. The molecule has 19 heavy (non-hydrogen) atoms. The summed E-state index contributed by atoms with van der Waals surface area (Å²) in [5.41, 5.74) is 7.87. The number of hydrogen-bond donors (Lipinski definition) is 2. The van der Waals surface area contributed by atoms with Crippen LogP contribution >= 0.6 is 23.4 Å². The van der Waals surface area contributed by atoms with Crippen molar-refractivity contribution in [2.75, 3.05) is 23.9 Å². The van der Waals surface area contributed by atoms with Gasteiger partial charge in [0.2, 0.25) is 0 Å². The largest absolute Gasteiger partial charge is 0.369 e. The van der Waals surface area contributed by atoms with E-state index in [0.717, 1.165) is 34.6 Å². The van der Waals surface area contributed by atoms with Gasteiger partial charge in [0, 0.05) is 29.3 Å². The van der Waals surface area contributed by atoms with Gasteiger partial charge in [-0.1, -0.05) is 23.7 Å². The highest BCUT2D eigenvalue weighted by molar-refractivity contribution is 7.98. The third-order valence-corrected chi connectivity index (χ3v) is 3.83. The van der Waals surface area contributed by atoms with Gasteiger partial charge in [0.25, 0.3) is 0 Å². The molecule has 0 saturated carbocycles. The van der Waals surface area contributed by atoms with Gasteiger partial charge in [-0.2, -0.15) is 11.8 Å². The number of hydrogen-bond acceptors (Lipinski definition) is 4. The van der Waals surface area contributed by atoms with Crippen LogP contribution in [0.4, 0.5) is 5.82 Å². The summed E-state index contributed by atoms with van der Waals surface area (Å²) in [6, 6.07) is 7.80. The molecule has 0 amide bonds. The van der Waals surface area contributed by atoms with Gasteiger partial charge in [0.1, 0.15) is 5.82 Å². The quantitative estimate of drug-likeness (QED) is 0.826. The zero-order valence-corrected chi connectivity index (χ0v) is 12.7. The molecule has 0 aliphatic rings. The lowest BCUT2D eigenvalue weighted by atomic mass is 10.1. The Labute approximate surface area is 122 Å². The number of halogens is 1. The third kappa shape index (κ3) is 3.32. The summed E-state index contributed by atoms with van der Waals surface area (Å²) in [6.45, 7) is 2.83. The number of thioether (sulfide) groups is 1. The summed E-state index contributed by atoms with van der Waals surface area (Å²) in [5.74, 6) is 1.87. The van der Waals surface area contributed by atoms with Gasteiger partial charge in [-0.15, -0.1) is 0 Å². The molecule has 2 rings (SSSR count). The standard InChI is InChI=1S/C14H18ClN3S/c1-9(16)11-8-10-4-3-5-12(15)13(10)18-14(11)17-6-7-19-2/h3-5,8-9H,6-7,16H2,1-2H3,(H,17,18)/t9-/m0/s1. The van der Waals surface area contributed by atoms with E-state index in [4.69, 9.17) is 17.3 Å². The van der Waals surface area contributed by atoms with Crippen LogP contribution in [-0.4, -0.2) is 23.5 Å². The van der Waals surface area contributed by atoms with Crippen LogP contribution in [0.15, 0.2) is 24.3 Å². The number of anilines is 1. The number of nitrogens with one attached hydrogen (secondary N) is 1. The van der Waals surface area contributed by atoms with E-state index in [0.29, 0.717) is 5.02 Å². The fourth-order valence-electron chi connectivity index (χ4n) is 1.94. The fourth-order valence-corrected chi connectivity index (χ4v) is 2.47. The molecule has 5 heteroatoms. The molecular weight excluding hydrogens is 278 g/mol. The summed E-state index contributed by atoms with van der Waals surface area (Å²) in [7, 11) is 0. The zero-order chi connectivity index (χ0) is 13.8. The van der Waals surface area contributed by atoms with Gasteiger partial charge in [0.15, 0.2) is 0 Å². The van der Waals surface area contributed by atoms with E-state index in [-0.39, 0.29) is 6.04 Å². The topological polar surface area (TPSA) is 50.9 Å². The molecule has 0 spiro atoms. The molecule has 1 heterocycles. The molecule has 3 N–H and O–H groups in total. The summed E-state index contributed by atoms with van der Waals surface area (Å²) in [4.78, 5) is 4.64. The number of rotatable bonds is 5. The van der Waals surface area contributed by atoms with Crippen LogP contribution in [0.3, 0.4) is 0 Å². The molecule has 102 valence electrons. The molecule has 0 saturated heterocycles. The minimum atomic E-state index is -0.0624. The second-order valence-corrected chi connectivity index (χ2v) is 5.84. The molecule has 0 unspecified atom stereocenters. The molecule has 2 aromatic rings. The zero-order valence-electron chi connectivity index (χ0n) is 11.1. The Kier molecular flexibility index (Phi) is 4.91. The van der Waals surface area contributed by atoms with Gasteiger partial charge in [-0.3, -0.25) is 0 Å². The Morgan fingerprint density at radius 2 is 2.26 bits per heavy atom. The third-order valence-electron chi connectivity index (χ3n) is 2.92. The first-order valence-electron chi connectivity index (χ1n) is 6.21. The molecule has 0 aliphatic carbocycles. The van der Waals surface area contributed by atoms with Crippen molar-refractivity contribution in [1.29, 1.82) is 0 Å². The summed E-state index contributed by atoms with van der Waals surface area (Å²) >= 11 is 7.99. The SMILES string of the molecule is CSCCNc1nc2c(Cl)cccc2cc1[C@H](C)N. The second kappa shape index (κ2) is 6.46. The Bertz CT molecular complexity index is 572. The molecule has 0 bridgehead atoms. The first-order valence-corrected chi connectivity index (χ1v) is 7.98. The minimum absolute atomic E-state index is 0.0624. The van der Waals surface area contributed by atoms with Crippen LogP contribution in [-0.2, 0) is 0 Å². The molecule has 0 radical (unpaired) electrons. The molecule has 0 aliphatic heterocycles. The van der Waals surface area contributed by atoms with E-state index >= 15 is 0 Å². The number of aromatic nitrogens is 1. The lowest BCUT2D eigenvalue weighted by Crippen LogP contribution is -2.13. The van der Waals surface area contributed by atoms with Gasteiger partial charge in [-0.05, 0) is 25.3 Å². The number of pyridine rings is 1. The molecule has 1 atom stereocenters. The Hall–Kier alpha value is -0.970. The number of benzene rings is 1. The number of nitrogens with zero attached hydrogens (tertiary/aromatic N) is 1. The van der Waals surface area contributed by atoms with E-state index in [1.54, 1.807) is 11.8 Å². The van der Waals surface area contributed by atoms with Gasteiger partial charge >= 0.3 is 0 Å². The highest BCUT2D eigenvalue weighted by atomic mass is 35.5. The van der Waals surface area contributed by atoms with Crippen LogP contribution in [0.2, 0.25) is 5.02 Å². The van der Waals surface area contributed by atoms with E-state index in [9.17, 15) is 0 Å². The van der Waals surface area contributed by atoms with Crippen molar-refractivity contribution in [3.8, 4) is 0 Å². The van der Waals surface area contributed by atoms with Crippen LogP contribution < -0.4 is 11.1 Å². The number of para-hydroxylation sites is 1. The van der Waals surface area contributed by atoms with Crippen molar-refractivity contribution in [2.45, 2.75) is 13.0 Å². The predicted octanol–water partition coefficient (Wildman–Crippen LogP) is 3.68. The van der Waals surface area contributed by atoms with Crippen molar-refractivity contribution >= 4 is 40.1 Å². The summed E-state index contributed by atoms with van der Waals surface area (Å²) in [6.07, 6.45) is 2.08. The van der Waals surface area contributed by atoms with Crippen LogP contribution in [0.25, 0.3) is 10.9 Å². The van der Waals surface area contributed by atoms with E-state index in [2.05, 4.69) is 22.6 Å². The Morgan fingerprint density at radius 3 is 2.95 bits per heavy atom. The maximum Gasteiger partial charge on any atom is 0.131 e.